The summed E-state index contributed by atoms with van der Waals surface area (Å²) in [4.78, 5) is 0. The lowest BCUT2D eigenvalue weighted by molar-refractivity contribution is 0.471. The lowest BCUT2D eigenvalue weighted by Crippen LogP contribution is -2.38. The zero-order chi connectivity index (χ0) is 9.07. The lowest BCUT2D eigenvalue weighted by atomic mass is 10.1. The summed E-state index contributed by atoms with van der Waals surface area (Å²) < 4.78 is 0. The number of nitrogens with two attached hydrogens (primary N) is 1. The van der Waals surface area contributed by atoms with Gasteiger partial charge in [-0.2, -0.15) is 0 Å². The van der Waals surface area contributed by atoms with Crippen molar-refractivity contribution in [1.82, 2.24) is 5.32 Å². The molecule has 0 bridgehead atoms. The van der Waals surface area contributed by atoms with E-state index in [4.69, 9.17) is 11.1 Å². The molecule has 0 unspecified atom stereocenters. The van der Waals surface area contributed by atoms with Crippen molar-refractivity contribution in [3.8, 4) is 0 Å². The molecule has 0 rings (SSSR count). The Bertz CT molecular complexity index is 174. The average molecular weight is 155 g/mol. The molecule has 0 spiro atoms. The minimum absolute atomic E-state index is 0.0317. The molecule has 3 nitrogen and oxygen atoms in total. The Morgan fingerprint density at radius 1 is 1.45 bits per heavy atom. The van der Waals surface area contributed by atoms with E-state index >= 15 is 0 Å². The minimum atomic E-state index is -0.0317. The third-order valence-corrected chi connectivity index (χ3v) is 0.891. The second-order valence-corrected chi connectivity index (χ2v) is 3.66. The van der Waals surface area contributed by atoms with Gasteiger partial charge in [-0.1, -0.05) is 0 Å². The van der Waals surface area contributed by atoms with Crippen molar-refractivity contribution in [3.05, 3.63) is 11.9 Å². The van der Waals surface area contributed by atoms with Crippen molar-refractivity contribution in [3.63, 3.8) is 0 Å². The van der Waals surface area contributed by atoms with E-state index < -0.39 is 0 Å². The van der Waals surface area contributed by atoms with Crippen molar-refractivity contribution in [1.29, 1.82) is 5.41 Å². The van der Waals surface area contributed by atoms with Crippen LogP contribution in [-0.4, -0.2) is 11.3 Å². The molecule has 0 amide bonds. The van der Waals surface area contributed by atoms with Gasteiger partial charge in [0.2, 0.25) is 0 Å². The minimum Gasteiger partial charge on any atom is -0.385 e. The Morgan fingerprint density at radius 3 is 2.18 bits per heavy atom. The van der Waals surface area contributed by atoms with Gasteiger partial charge in [-0.25, -0.2) is 0 Å². The SMILES string of the molecule is CC(=N)/C=C(/N)NC(C)(C)C. The van der Waals surface area contributed by atoms with Crippen molar-refractivity contribution in [2.24, 2.45) is 5.73 Å². The van der Waals surface area contributed by atoms with Crippen molar-refractivity contribution in [2.45, 2.75) is 33.2 Å². The summed E-state index contributed by atoms with van der Waals surface area (Å²) >= 11 is 0. The molecule has 0 aliphatic carbocycles. The van der Waals surface area contributed by atoms with Gasteiger partial charge in [-0.15, -0.1) is 0 Å². The number of hydrogen-bond donors (Lipinski definition) is 3. The molecule has 0 atom stereocenters. The van der Waals surface area contributed by atoms with Gasteiger partial charge in [0.15, 0.2) is 0 Å². The highest BCUT2D eigenvalue weighted by atomic mass is 15.0. The van der Waals surface area contributed by atoms with Crippen LogP contribution >= 0.6 is 0 Å². The molecule has 0 radical (unpaired) electrons. The lowest BCUT2D eigenvalue weighted by Gasteiger charge is -2.21. The molecular weight excluding hydrogens is 138 g/mol. The van der Waals surface area contributed by atoms with Gasteiger partial charge in [0.1, 0.15) is 0 Å². The van der Waals surface area contributed by atoms with Crippen LogP contribution in [0.25, 0.3) is 0 Å². The third kappa shape index (κ3) is 6.90. The van der Waals surface area contributed by atoms with Gasteiger partial charge in [-0.05, 0) is 33.8 Å². The first-order valence-corrected chi connectivity index (χ1v) is 3.62. The summed E-state index contributed by atoms with van der Waals surface area (Å²) in [5.74, 6) is 0.546. The summed E-state index contributed by atoms with van der Waals surface area (Å²) in [7, 11) is 0. The quantitative estimate of drug-likeness (QED) is 0.525. The monoisotopic (exact) mass is 155 g/mol. The average Bonchev–Trinajstić information content (AvgIpc) is 1.53. The summed E-state index contributed by atoms with van der Waals surface area (Å²) in [5.41, 5.74) is 6.00. The smallest absolute Gasteiger partial charge is 0.0982 e. The standard InChI is InChI=1S/C8H17N3/c1-6(9)5-7(10)11-8(2,3)4/h5,9,11H,10H2,1-4H3/b7-5-,9-6?. The van der Waals surface area contributed by atoms with Gasteiger partial charge < -0.3 is 16.5 Å². The fourth-order valence-electron chi connectivity index (χ4n) is 0.702. The Labute approximate surface area is 68.2 Å². The Kier molecular flexibility index (Phi) is 3.11. The maximum Gasteiger partial charge on any atom is 0.0982 e. The molecule has 3 heteroatoms. The molecule has 0 saturated heterocycles. The van der Waals surface area contributed by atoms with Gasteiger partial charge in [0.25, 0.3) is 0 Å². The largest absolute Gasteiger partial charge is 0.385 e. The summed E-state index contributed by atoms with van der Waals surface area (Å²) in [6, 6.07) is 0. The molecule has 4 N–H and O–H groups in total. The summed E-state index contributed by atoms with van der Waals surface area (Å²) in [5, 5.41) is 10.2. The highest BCUT2D eigenvalue weighted by molar-refractivity contribution is 5.90. The fourth-order valence-corrected chi connectivity index (χ4v) is 0.702. The number of allylic oxidation sites excluding steroid dienone is 1. The van der Waals surface area contributed by atoms with E-state index in [-0.39, 0.29) is 5.54 Å². The van der Waals surface area contributed by atoms with Crippen LogP contribution in [0.15, 0.2) is 11.9 Å². The van der Waals surface area contributed by atoms with E-state index in [9.17, 15) is 0 Å². The third-order valence-electron chi connectivity index (χ3n) is 0.891. The van der Waals surface area contributed by atoms with E-state index in [0.29, 0.717) is 11.5 Å². The normalized spacial score (nSPS) is 12.9. The Balaban J connectivity index is 4.07. The number of rotatable bonds is 2. The highest BCUT2D eigenvalue weighted by Gasteiger charge is 2.08. The molecule has 0 aliphatic rings. The molecule has 0 aromatic carbocycles. The van der Waals surface area contributed by atoms with Crippen molar-refractivity contribution < 1.29 is 0 Å². The van der Waals surface area contributed by atoms with Gasteiger partial charge in [-0.3, -0.25) is 0 Å². The van der Waals surface area contributed by atoms with Gasteiger partial charge >= 0.3 is 0 Å². The van der Waals surface area contributed by atoms with E-state index in [1.807, 2.05) is 20.8 Å². The van der Waals surface area contributed by atoms with Crippen molar-refractivity contribution in [2.75, 3.05) is 0 Å². The van der Waals surface area contributed by atoms with E-state index in [2.05, 4.69) is 5.32 Å². The van der Waals surface area contributed by atoms with Crippen LogP contribution in [0.2, 0.25) is 0 Å². The van der Waals surface area contributed by atoms with Crippen LogP contribution in [0.3, 0.4) is 0 Å². The second-order valence-electron chi connectivity index (χ2n) is 3.66. The van der Waals surface area contributed by atoms with Crippen LogP contribution in [0, 0.1) is 5.41 Å². The van der Waals surface area contributed by atoms with Gasteiger partial charge in [0.05, 0.1) is 5.82 Å². The van der Waals surface area contributed by atoms with E-state index in [1.54, 1.807) is 13.0 Å². The topological polar surface area (TPSA) is 61.9 Å². The summed E-state index contributed by atoms with van der Waals surface area (Å²) in [6.45, 7) is 7.75. The molecule has 0 aliphatic heterocycles. The molecular formula is C8H17N3. The van der Waals surface area contributed by atoms with E-state index in [0.717, 1.165) is 0 Å². The van der Waals surface area contributed by atoms with Crippen LogP contribution < -0.4 is 11.1 Å². The molecule has 0 aromatic rings. The van der Waals surface area contributed by atoms with Gasteiger partial charge in [0, 0.05) is 11.3 Å². The Morgan fingerprint density at radius 2 is 1.91 bits per heavy atom. The first-order valence-electron chi connectivity index (χ1n) is 3.62. The predicted molar refractivity (Wildman–Crippen MR) is 48.6 cm³/mol. The molecule has 0 saturated carbocycles. The molecule has 0 fully saturated rings. The molecule has 0 aromatic heterocycles. The number of hydrogen-bond acceptors (Lipinski definition) is 3. The Hall–Kier alpha value is -0.990. The maximum atomic E-state index is 7.14. The van der Waals surface area contributed by atoms with Crippen LogP contribution in [0.4, 0.5) is 0 Å². The van der Waals surface area contributed by atoms with E-state index in [1.165, 1.54) is 0 Å². The second kappa shape index (κ2) is 3.42. The molecule has 64 valence electrons. The van der Waals surface area contributed by atoms with Crippen LogP contribution in [0.1, 0.15) is 27.7 Å². The zero-order valence-electron chi connectivity index (χ0n) is 7.65. The maximum absolute atomic E-state index is 7.14. The molecule has 11 heavy (non-hydrogen) atoms. The summed E-state index contributed by atoms with van der Waals surface area (Å²) in [6.07, 6.45) is 1.60. The fraction of sp³-hybridized carbons (Fsp3) is 0.625. The first kappa shape index (κ1) is 10.0. The highest BCUT2D eigenvalue weighted by Crippen LogP contribution is 1.99. The predicted octanol–water partition coefficient (Wildman–Crippen LogP) is 1.21. The van der Waals surface area contributed by atoms with Crippen molar-refractivity contribution >= 4 is 5.71 Å². The first-order chi connectivity index (χ1) is 4.81. The zero-order valence-corrected chi connectivity index (χ0v) is 7.65. The van der Waals surface area contributed by atoms with Crippen LogP contribution in [0.5, 0.6) is 0 Å². The van der Waals surface area contributed by atoms with Crippen LogP contribution in [-0.2, 0) is 0 Å². The number of nitrogens with one attached hydrogen (secondary N) is 2. The molecule has 0 heterocycles.